The van der Waals surface area contributed by atoms with Crippen molar-refractivity contribution in [1.29, 1.82) is 0 Å². The van der Waals surface area contributed by atoms with Crippen molar-refractivity contribution in [2.24, 2.45) is 5.92 Å². The summed E-state index contributed by atoms with van der Waals surface area (Å²) in [6, 6.07) is 5.36. The maximum absolute atomic E-state index is 14.8. The van der Waals surface area contributed by atoms with Gasteiger partial charge in [0.05, 0.1) is 27.2 Å². The molecule has 0 saturated carbocycles. The predicted octanol–water partition coefficient (Wildman–Crippen LogP) is 5.04. The zero-order valence-corrected chi connectivity index (χ0v) is 17.3. The van der Waals surface area contributed by atoms with Crippen molar-refractivity contribution in [2.75, 3.05) is 21.3 Å². The molecule has 5 nitrogen and oxygen atoms in total. The van der Waals surface area contributed by atoms with Gasteiger partial charge in [-0.05, 0) is 66.0 Å². The fourth-order valence-corrected chi connectivity index (χ4v) is 3.81. The lowest BCUT2D eigenvalue weighted by molar-refractivity contribution is -0.139. The number of allylic oxidation sites excluding steroid dienone is 2. The molecule has 2 aromatic carbocycles. The van der Waals surface area contributed by atoms with E-state index >= 15 is 0 Å². The smallest absolute Gasteiger partial charge is 0.310 e. The van der Waals surface area contributed by atoms with Crippen molar-refractivity contribution >= 4 is 23.2 Å². The summed E-state index contributed by atoms with van der Waals surface area (Å²) < 4.78 is 44.8. The first-order chi connectivity index (χ1) is 14.2. The highest BCUT2D eigenvalue weighted by Gasteiger charge is 2.33. The Balaban J connectivity index is 2.29. The summed E-state index contributed by atoms with van der Waals surface area (Å²) in [5, 5.41) is 9.51. The molecular weight excluding hydrogens is 394 g/mol. The van der Waals surface area contributed by atoms with Crippen molar-refractivity contribution in [1.82, 2.24) is 0 Å². The average Bonchev–Trinajstić information content (AvgIpc) is 2.97. The minimum Gasteiger partial charge on any atom is -0.493 e. The Kier molecular flexibility index (Phi) is 5.82. The Morgan fingerprint density at radius 2 is 1.63 bits per heavy atom. The second-order valence-electron chi connectivity index (χ2n) is 6.93. The molecule has 30 heavy (non-hydrogen) atoms. The molecule has 0 amide bonds. The van der Waals surface area contributed by atoms with Crippen LogP contribution in [0.1, 0.15) is 30.5 Å². The van der Waals surface area contributed by atoms with Crippen LogP contribution in [-0.2, 0) is 4.79 Å². The van der Waals surface area contributed by atoms with Crippen LogP contribution in [-0.4, -0.2) is 32.4 Å². The lowest BCUT2D eigenvalue weighted by Crippen LogP contribution is -2.11. The first-order valence-corrected chi connectivity index (χ1v) is 9.18. The standard InChI is InChI=1S/C23H22F2O5/c1-11-15(6-13-7-18(28-3)22(30-5)19(8-13)29-4)21-16(9-14(24)10-17(21)25)20(11)12(2)23(26)27/h6-10,12H,1-5H3,(H,26,27)/b15-6-. The number of carboxylic acid groups (broad SMARTS) is 1. The number of rotatable bonds is 6. The van der Waals surface area contributed by atoms with E-state index in [1.54, 1.807) is 25.1 Å². The van der Waals surface area contributed by atoms with E-state index in [-0.39, 0.29) is 11.1 Å². The molecule has 0 aromatic heterocycles. The van der Waals surface area contributed by atoms with Gasteiger partial charge in [0.2, 0.25) is 5.75 Å². The SMILES string of the molecule is COc1cc(/C=C2/C(C)=C(C(C)C(=O)O)c3cc(F)cc(F)c32)cc(OC)c1OC. The van der Waals surface area contributed by atoms with Gasteiger partial charge in [-0.1, -0.05) is 0 Å². The number of halogens is 2. The first-order valence-electron chi connectivity index (χ1n) is 9.18. The van der Waals surface area contributed by atoms with Crippen molar-refractivity contribution in [3.8, 4) is 17.2 Å². The van der Waals surface area contributed by atoms with Crippen LogP contribution in [0, 0.1) is 17.6 Å². The normalized spacial score (nSPS) is 15.2. The molecule has 1 aliphatic rings. The maximum atomic E-state index is 14.8. The van der Waals surface area contributed by atoms with Crippen LogP contribution < -0.4 is 14.2 Å². The van der Waals surface area contributed by atoms with Gasteiger partial charge in [-0.25, -0.2) is 8.78 Å². The van der Waals surface area contributed by atoms with Gasteiger partial charge in [0, 0.05) is 11.6 Å². The first kappa shape index (κ1) is 21.4. The highest BCUT2D eigenvalue weighted by molar-refractivity contribution is 6.08. The second-order valence-corrected chi connectivity index (χ2v) is 6.93. The van der Waals surface area contributed by atoms with Gasteiger partial charge in [0.15, 0.2) is 11.5 Å². The van der Waals surface area contributed by atoms with E-state index in [1.165, 1.54) is 34.3 Å². The summed E-state index contributed by atoms with van der Waals surface area (Å²) in [4.78, 5) is 11.6. The summed E-state index contributed by atoms with van der Waals surface area (Å²) in [5.74, 6) is -2.28. The fourth-order valence-electron chi connectivity index (χ4n) is 3.81. The van der Waals surface area contributed by atoms with Crippen LogP contribution in [0.15, 0.2) is 29.8 Å². The van der Waals surface area contributed by atoms with Crippen LogP contribution in [0.3, 0.4) is 0 Å². The third kappa shape index (κ3) is 3.51. The van der Waals surface area contributed by atoms with Gasteiger partial charge in [-0.15, -0.1) is 0 Å². The number of hydrogen-bond acceptors (Lipinski definition) is 4. The Bertz CT molecular complexity index is 1060. The van der Waals surface area contributed by atoms with Gasteiger partial charge in [-0.2, -0.15) is 0 Å². The molecule has 0 spiro atoms. The third-order valence-electron chi connectivity index (χ3n) is 5.22. The molecular formula is C23H22F2O5. The van der Waals surface area contributed by atoms with Crippen molar-refractivity contribution in [2.45, 2.75) is 13.8 Å². The summed E-state index contributed by atoms with van der Waals surface area (Å²) in [6.45, 7) is 3.20. The summed E-state index contributed by atoms with van der Waals surface area (Å²) in [7, 11) is 4.46. The van der Waals surface area contributed by atoms with Crippen LogP contribution in [0.2, 0.25) is 0 Å². The molecule has 0 heterocycles. The number of hydrogen-bond donors (Lipinski definition) is 1. The number of carbonyl (C=O) groups is 1. The summed E-state index contributed by atoms with van der Waals surface area (Å²) >= 11 is 0. The molecule has 1 N–H and O–H groups in total. The van der Waals surface area contributed by atoms with E-state index in [1.807, 2.05) is 0 Å². The van der Waals surface area contributed by atoms with Crippen molar-refractivity contribution in [3.05, 3.63) is 58.2 Å². The number of aliphatic carboxylic acids is 1. The number of fused-ring (bicyclic) bond motifs is 1. The largest absolute Gasteiger partial charge is 0.493 e. The van der Waals surface area contributed by atoms with E-state index in [9.17, 15) is 18.7 Å². The van der Waals surface area contributed by atoms with Crippen LogP contribution >= 0.6 is 0 Å². The topological polar surface area (TPSA) is 65.0 Å². The van der Waals surface area contributed by atoms with Gasteiger partial charge in [0.25, 0.3) is 0 Å². The Morgan fingerprint density at radius 3 is 2.13 bits per heavy atom. The summed E-state index contributed by atoms with van der Waals surface area (Å²) in [5.41, 5.74) is 2.47. The highest BCUT2D eigenvalue weighted by atomic mass is 19.1. The van der Waals surface area contributed by atoms with E-state index in [2.05, 4.69) is 0 Å². The third-order valence-corrected chi connectivity index (χ3v) is 5.22. The van der Waals surface area contributed by atoms with Crippen molar-refractivity contribution in [3.63, 3.8) is 0 Å². The number of ether oxygens (including phenoxy) is 3. The highest BCUT2D eigenvalue weighted by Crippen LogP contribution is 2.47. The molecule has 3 rings (SSSR count). The van der Waals surface area contributed by atoms with Gasteiger partial charge < -0.3 is 19.3 Å². The number of carboxylic acids is 1. The number of methoxy groups -OCH3 is 3. The number of benzene rings is 2. The Morgan fingerprint density at radius 1 is 1.03 bits per heavy atom. The fraction of sp³-hybridized carbons (Fsp3) is 0.261. The Hall–Kier alpha value is -3.35. The maximum Gasteiger partial charge on any atom is 0.310 e. The molecule has 0 fully saturated rings. The Labute approximate surface area is 173 Å². The minimum atomic E-state index is -1.07. The lowest BCUT2D eigenvalue weighted by atomic mass is 9.93. The molecule has 1 atom stereocenters. The molecule has 0 bridgehead atoms. The second kappa shape index (κ2) is 8.18. The zero-order valence-electron chi connectivity index (χ0n) is 17.3. The van der Waals surface area contributed by atoms with Crippen LogP contribution in [0.4, 0.5) is 8.78 Å². The van der Waals surface area contributed by atoms with Crippen LogP contribution in [0.5, 0.6) is 17.2 Å². The minimum absolute atomic E-state index is 0.172. The average molecular weight is 416 g/mol. The molecule has 1 unspecified atom stereocenters. The van der Waals surface area contributed by atoms with Gasteiger partial charge in [0.1, 0.15) is 11.6 Å². The molecule has 0 aliphatic heterocycles. The molecule has 7 heteroatoms. The molecule has 0 radical (unpaired) electrons. The van der Waals surface area contributed by atoms with E-state index in [0.717, 1.165) is 6.07 Å². The van der Waals surface area contributed by atoms with E-state index in [4.69, 9.17) is 14.2 Å². The molecule has 158 valence electrons. The predicted molar refractivity (Wildman–Crippen MR) is 110 cm³/mol. The zero-order chi connectivity index (χ0) is 22.2. The summed E-state index contributed by atoms with van der Waals surface area (Å²) in [6.07, 6.45) is 1.70. The monoisotopic (exact) mass is 416 g/mol. The van der Waals surface area contributed by atoms with Crippen molar-refractivity contribution < 1.29 is 32.9 Å². The molecule has 2 aromatic rings. The molecule has 1 aliphatic carbocycles. The molecule has 0 saturated heterocycles. The quantitative estimate of drug-likeness (QED) is 0.715. The van der Waals surface area contributed by atoms with Crippen LogP contribution in [0.25, 0.3) is 17.2 Å². The van der Waals surface area contributed by atoms with Gasteiger partial charge >= 0.3 is 5.97 Å². The van der Waals surface area contributed by atoms with E-state index < -0.39 is 23.5 Å². The lowest BCUT2D eigenvalue weighted by Gasteiger charge is -2.13. The van der Waals surface area contributed by atoms with E-state index in [0.29, 0.717) is 39.5 Å². The van der Waals surface area contributed by atoms with Gasteiger partial charge in [-0.3, -0.25) is 4.79 Å².